The molecule has 0 aliphatic rings. The summed E-state index contributed by atoms with van der Waals surface area (Å²) in [4.78, 5) is 16.4. The number of ether oxygens (including phenoxy) is 1. The topological polar surface area (TPSA) is 85.4 Å². The number of halogens is 2. The number of para-hydroxylation sites is 1. The highest BCUT2D eigenvalue weighted by molar-refractivity contribution is 7.90. The van der Waals surface area contributed by atoms with Gasteiger partial charge in [-0.15, -0.1) is 11.3 Å². The molecule has 0 unspecified atom stereocenters. The summed E-state index contributed by atoms with van der Waals surface area (Å²) in [6.45, 7) is -3.06. The van der Waals surface area contributed by atoms with E-state index in [9.17, 15) is 22.0 Å². The standard InChI is InChI=1S/C18H14F2N2O4S2/c19-18(20)26-15-4-2-1-3-14(15)17(23)22-12-5-7-13(8-6-12)28(24,25)11-16-21-9-10-27-16/h1-10,18H,11H2,(H,22,23). The highest BCUT2D eigenvalue weighted by atomic mass is 32.2. The minimum Gasteiger partial charge on any atom is -0.434 e. The molecule has 10 heteroatoms. The van der Waals surface area contributed by atoms with Gasteiger partial charge in [-0.3, -0.25) is 4.79 Å². The monoisotopic (exact) mass is 424 g/mol. The van der Waals surface area contributed by atoms with Gasteiger partial charge in [0.15, 0.2) is 9.84 Å². The minimum atomic E-state index is -3.57. The van der Waals surface area contributed by atoms with Crippen LogP contribution < -0.4 is 10.1 Å². The molecule has 1 N–H and O–H groups in total. The maximum atomic E-state index is 12.5. The van der Waals surface area contributed by atoms with Crippen LogP contribution >= 0.6 is 11.3 Å². The van der Waals surface area contributed by atoms with Crippen LogP contribution in [0, 0.1) is 0 Å². The van der Waals surface area contributed by atoms with Crippen LogP contribution in [0.25, 0.3) is 0 Å². The number of carbonyl (C=O) groups is 1. The summed E-state index contributed by atoms with van der Waals surface area (Å²) in [6.07, 6.45) is 1.53. The second-order valence-corrected chi connectivity index (χ2v) is 8.51. The molecule has 2 aromatic carbocycles. The van der Waals surface area contributed by atoms with Crippen LogP contribution in [0.3, 0.4) is 0 Å². The van der Waals surface area contributed by atoms with Crippen LogP contribution in [0.1, 0.15) is 15.4 Å². The molecule has 3 aromatic rings. The van der Waals surface area contributed by atoms with Gasteiger partial charge >= 0.3 is 6.61 Å². The van der Waals surface area contributed by atoms with Crippen molar-refractivity contribution in [1.82, 2.24) is 4.98 Å². The first-order valence-corrected chi connectivity index (χ1v) is 10.4. The Balaban J connectivity index is 1.73. The molecule has 3 rings (SSSR count). The summed E-state index contributed by atoms with van der Waals surface area (Å²) >= 11 is 1.25. The Morgan fingerprint density at radius 1 is 1.14 bits per heavy atom. The number of carbonyl (C=O) groups excluding carboxylic acids is 1. The summed E-state index contributed by atoms with van der Waals surface area (Å²) < 4.78 is 54.1. The van der Waals surface area contributed by atoms with Gasteiger partial charge in [-0.2, -0.15) is 8.78 Å². The Morgan fingerprint density at radius 2 is 1.86 bits per heavy atom. The smallest absolute Gasteiger partial charge is 0.387 e. The molecule has 0 aliphatic carbocycles. The molecular weight excluding hydrogens is 410 g/mol. The van der Waals surface area contributed by atoms with E-state index >= 15 is 0 Å². The van der Waals surface area contributed by atoms with E-state index in [1.54, 1.807) is 5.38 Å². The molecule has 1 amide bonds. The summed E-state index contributed by atoms with van der Waals surface area (Å²) in [7, 11) is -3.57. The number of alkyl halides is 2. The lowest BCUT2D eigenvalue weighted by Gasteiger charge is -2.11. The first-order chi connectivity index (χ1) is 13.3. The number of anilines is 1. The van der Waals surface area contributed by atoms with Crippen LogP contribution in [0.15, 0.2) is 65.0 Å². The Kier molecular flexibility index (Phi) is 6.00. The SMILES string of the molecule is O=C(Nc1ccc(S(=O)(=O)Cc2nccs2)cc1)c1ccccc1OC(F)F. The highest BCUT2D eigenvalue weighted by Crippen LogP contribution is 2.23. The molecule has 0 aliphatic heterocycles. The highest BCUT2D eigenvalue weighted by Gasteiger charge is 2.18. The number of thiazole rings is 1. The maximum Gasteiger partial charge on any atom is 0.387 e. The van der Waals surface area contributed by atoms with E-state index in [-0.39, 0.29) is 22.0 Å². The summed E-state index contributed by atoms with van der Waals surface area (Å²) in [6, 6.07) is 11.2. The van der Waals surface area contributed by atoms with Crippen molar-refractivity contribution in [1.29, 1.82) is 0 Å². The fraction of sp³-hybridized carbons (Fsp3) is 0.111. The van der Waals surface area contributed by atoms with E-state index in [0.717, 1.165) is 0 Å². The Morgan fingerprint density at radius 3 is 2.50 bits per heavy atom. The molecule has 6 nitrogen and oxygen atoms in total. The molecule has 0 bridgehead atoms. The van der Waals surface area contributed by atoms with E-state index < -0.39 is 22.4 Å². The first-order valence-electron chi connectivity index (χ1n) is 7.91. The fourth-order valence-corrected chi connectivity index (χ4v) is 4.62. The number of amides is 1. The molecule has 0 radical (unpaired) electrons. The van der Waals surface area contributed by atoms with Crippen molar-refractivity contribution in [3.05, 3.63) is 70.7 Å². The lowest BCUT2D eigenvalue weighted by atomic mass is 10.2. The first kappa shape index (κ1) is 19.9. The van der Waals surface area contributed by atoms with Crippen molar-refractivity contribution in [2.45, 2.75) is 17.3 Å². The lowest BCUT2D eigenvalue weighted by molar-refractivity contribution is -0.0501. The predicted octanol–water partition coefficient (Wildman–Crippen LogP) is 3.97. The molecule has 0 fully saturated rings. The largest absolute Gasteiger partial charge is 0.434 e. The normalized spacial score (nSPS) is 11.4. The average molecular weight is 424 g/mol. The van der Waals surface area contributed by atoms with Crippen molar-refractivity contribution in [2.75, 3.05) is 5.32 Å². The second-order valence-electron chi connectivity index (χ2n) is 5.54. The summed E-state index contributed by atoms with van der Waals surface area (Å²) in [5.74, 6) is -1.12. The van der Waals surface area contributed by atoms with Crippen LogP contribution in [-0.4, -0.2) is 25.9 Å². The lowest BCUT2D eigenvalue weighted by Crippen LogP contribution is -2.15. The van der Waals surface area contributed by atoms with Gasteiger partial charge in [-0.05, 0) is 36.4 Å². The maximum absolute atomic E-state index is 12.5. The fourth-order valence-electron chi connectivity index (χ4n) is 2.37. The van der Waals surface area contributed by atoms with Crippen LogP contribution in [-0.2, 0) is 15.6 Å². The third-order valence-electron chi connectivity index (χ3n) is 3.62. The van der Waals surface area contributed by atoms with Gasteiger partial charge in [0.25, 0.3) is 5.91 Å². The van der Waals surface area contributed by atoms with Gasteiger partial charge in [-0.25, -0.2) is 13.4 Å². The second kappa shape index (κ2) is 8.44. The number of aromatic nitrogens is 1. The molecular formula is C18H14F2N2O4S2. The van der Waals surface area contributed by atoms with Crippen molar-refractivity contribution >= 4 is 32.8 Å². The molecule has 0 saturated heterocycles. The van der Waals surface area contributed by atoms with Crippen molar-refractivity contribution in [3.8, 4) is 5.75 Å². The van der Waals surface area contributed by atoms with E-state index in [1.165, 1.54) is 66.1 Å². The molecule has 0 atom stereocenters. The van der Waals surface area contributed by atoms with Crippen molar-refractivity contribution in [3.63, 3.8) is 0 Å². The summed E-state index contributed by atoms with van der Waals surface area (Å²) in [5, 5.41) is 4.70. The zero-order valence-corrected chi connectivity index (χ0v) is 15.8. The van der Waals surface area contributed by atoms with Gasteiger partial charge in [0, 0.05) is 17.3 Å². The van der Waals surface area contributed by atoms with Gasteiger partial charge < -0.3 is 10.1 Å². The third kappa shape index (κ3) is 4.90. The van der Waals surface area contributed by atoms with E-state index in [0.29, 0.717) is 10.7 Å². The zero-order valence-electron chi connectivity index (χ0n) is 14.2. The number of nitrogens with one attached hydrogen (secondary N) is 1. The van der Waals surface area contributed by atoms with Crippen molar-refractivity contribution in [2.24, 2.45) is 0 Å². The average Bonchev–Trinajstić information content (AvgIpc) is 3.14. The molecule has 1 heterocycles. The van der Waals surface area contributed by atoms with E-state index in [1.807, 2.05) is 0 Å². The Bertz CT molecular complexity index is 1050. The van der Waals surface area contributed by atoms with Crippen LogP contribution in [0.5, 0.6) is 5.75 Å². The molecule has 0 spiro atoms. The number of benzene rings is 2. The zero-order chi connectivity index (χ0) is 20.1. The van der Waals surface area contributed by atoms with Gasteiger partial charge in [-0.1, -0.05) is 12.1 Å². The number of hydrogen-bond donors (Lipinski definition) is 1. The number of nitrogens with zero attached hydrogens (tertiary/aromatic N) is 1. The van der Waals surface area contributed by atoms with Gasteiger partial charge in [0.05, 0.1) is 10.5 Å². The predicted molar refractivity (Wildman–Crippen MR) is 100 cm³/mol. The van der Waals surface area contributed by atoms with Gasteiger partial charge in [0.2, 0.25) is 0 Å². The Hall–Kier alpha value is -2.85. The van der Waals surface area contributed by atoms with Gasteiger partial charge in [0.1, 0.15) is 16.5 Å². The number of sulfone groups is 1. The van der Waals surface area contributed by atoms with E-state index in [4.69, 9.17) is 0 Å². The third-order valence-corrected chi connectivity index (χ3v) is 6.22. The quantitative estimate of drug-likeness (QED) is 0.620. The van der Waals surface area contributed by atoms with Crippen molar-refractivity contribution < 1.29 is 26.7 Å². The summed E-state index contributed by atoms with van der Waals surface area (Å²) in [5.41, 5.74) is 0.244. The van der Waals surface area contributed by atoms with E-state index in [2.05, 4.69) is 15.0 Å². The number of hydrogen-bond acceptors (Lipinski definition) is 6. The molecule has 146 valence electrons. The molecule has 0 saturated carbocycles. The number of rotatable bonds is 7. The molecule has 28 heavy (non-hydrogen) atoms. The van der Waals surface area contributed by atoms with Crippen LogP contribution in [0.4, 0.5) is 14.5 Å². The van der Waals surface area contributed by atoms with Crippen LogP contribution in [0.2, 0.25) is 0 Å². The minimum absolute atomic E-state index is 0.0664. The molecule has 1 aromatic heterocycles. The Labute approximate surface area is 163 Å².